The third-order valence-corrected chi connectivity index (χ3v) is 4.75. The molecule has 2 nitrogen and oxygen atoms in total. The highest BCUT2D eigenvalue weighted by molar-refractivity contribution is 6.42. The molecule has 0 saturated carbocycles. The van der Waals surface area contributed by atoms with Crippen molar-refractivity contribution in [2.24, 2.45) is 11.8 Å². The van der Waals surface area contributed by atoms with Crippen LogP contribution in [-0.2, 0) is 6.54 Å². The number of hydrogen-bond acceptors (Lipinski definition) is 2. The van der Waals surface area contributed by atoms with Crippen molar-refractivity contribution >= 4 is 35.6 Å². The fraction of sp³-hybridized carbons (Fsp3) is 0.538. The van der Waals surface area contributed by atoms with Crippen LogP contribution in [-0.4, -0.2) is 31.1 Å². The van der Waals surface area contributed by atoms with Crippen molar-refractivity contribution in [1.82, 2.24) is 10.2 Å². The van der Waals surface area contributed by atoms with Gasteiger partial charge in [-0.25, -0.2) is 0 Å². The predicted octanol–water partition coefficient (Wildman–Crippen LogP) is 3.07. The van der Waals surface area contributed by atoms with Crippen molar-refractivity contribution in [3.63, 3.8) is 0 Å². The maximum atomic E-state index is 6.22. The maximum Gasteiger partial charge on any atom is 0.0637 e. The molecule has 0 amide bonds. The molecule has 2 aliphatic heterocycles. The molecule has 2 heterocycles. The van der Waals surface area contributed by atoms with Gasteiger partial charge in [0, 0.05) is 19.6 Å². The van der Waals surface area contributed by atoms with Crippen molar-refractivity contribution in [2.75, 3.05) is 26.2 Å². The normalized spacial score (nSPS) is 27.0. The first kappa shape index (κ1) is 14.4. The Kier molecular flexibility index (Phi) is 4.79. The van der Waals surface area contributed by atoms with Crippen LogP contribution < -0.4 is 5.32 Å². The van der Waals surface area contributed by atoms with Gasteiger partial charge in [-0.3, -0.25) is 4.90 Å². The molecule has 0 bridgehead atoms. The smallest absolute Gasteiger partial charge is 0.0637 e. The van der Waals surface area contributed by atoms with Gasteiger partial charge in [-0.1, -0.05) is 35.3 Å². The van der Waals surface area contributed by atoms with Gasteiger partial charge in [0.25, 0.3) is 0 Å². The van der Waals surface area contributed by atoms with E-state index in [9.17, 15) is 0 Å². The number of benzene rings is 1. The number of nitrogens with one attached hydrogen (secondary N) is 1. The molecule has 3 rings (SSSR count). The van der Waals surface area contributed by atoms with E-state index in [0.717, 1.165) is 23.9 Å². The van der Waals surface area contributed by atoms with Crippen molar-refractivity contribution in [2.45, 2.75) is 6.54 Å². The first-order chi connectivity index (χ1) is 8.24. The SMILES string of the molecule is Cl.Clc1cccc(CN2C[C@H]3CNC[C@H]3C2)c1Cl. The summed E-state index contributed by atoms with van der Waals surface area (Å²) in [7, 11) is 0. The summed E-state index contributed by atoms with van der Waals surface area (Å²) >= 11 is 12.3. The Hall–Kier alpha value is 0.01000. The van der Waals surface area contributed by atoms with Crippen molar-refractivity contribution in [3.05, 3.63) is 33.8 Å². The van der Waals surface area contributed by atoms with Crippen molar-refractivity contribution in [1.29, 1.82) is 0 Å². The lowest BCUT2D eigenvalue weighted by molar-refractivity contribution is 0.306. The number of hydrogen-bond donors (Lipinski definition) is 1. The number of rotatable bonds is 2. The zero-order valence-electron chi connectivity index (χ0n) is 10.0. The molecule has 100 valence electrons. The van der Waals surface area contributed by atoms with Crippen LogP contribution in [0.15, 0.2) is 18.2 Å². The molecule has 0 aliphatic carbocycles. The highest BCUT2D eigenvalue weighted by atomic mass is 35.5. The van der Waals surface area contributed by atoms with E-state index in [4.69, 9.17) is 23.2 Å². The summed E-state index contributed by atoms with van der Waals surface area (Å²) in [4.78, 5) is 2.49. The van der Waals surface area contributed by atoms with E-state index in [1.807, 2.05) is 12.1 Å². The lowest BCUT2D eigenvalue weighted by Crippen LogP contribution is -2.25. The highest BCUT2D eigenvalue weighted by Crippen LogP contribution is 2.31. The Labute approximate surface area is 124 Å². The Morgan fingerprint density at radius 1 is 1.17 bits per heavy atom. The Bertz CT molecular complexity index is 413. The van der Waals surface area contributed by atoms with Gasteiger partial charge in [-0.05, 0) is 36.6 Å². The minimum atomic E-state index is 0. The summed E-state index contributed by atoms with van der Waals surface area (Å²) in [5.41, 5.74) is 1.15. The topological polar surface area (TPSA) is 15.3 Å². The molecule has 2 atom stereocenters. The van der Waals surface area contributed by atoms with E-state index in [1.54, 1.807) is 0 Å². The number of nitrogens with zero attached hydrogens (tertiary/aromatic N) is 1. The fourth-order valence-corrected chi connectivity index (χ4v) is 3.37. The van der Waals surface area contributed by atoms with Crippen LogP contribution >= 0.6 is 35.6 Å². The minimum Gasteiger partial charge on any atom is -0.316 e. The molecule has 2 saturated heterocycles. The molecule has 0 unspecified atom stereocenters. The van der Waals surface area contributed by atoms with Crippen LogP contribution in [0.25, 0.3) is 0 Å². The molecule has 2 aliphatic rings. The third kappa shape index (κ3) is 2.78. The molecule has 1 aromatic carbocycles. The third-order valence-electron chi connectivity index (χ3n) is 3.89. The summed E-state index contributed by atoms with van der Waals surface area (Å²) in [6.07, 6.45) is 0. The Morgan fingerprint density at radius 2 is 1.83 bits per heavy atom. The van der Waals surface area contributed by atoms with Gasteiger partial charge >= 0.3 is 0 Å². The van der Waals surface area contributed by atoms with Crippen LogP contribution in [0.3, 0.4) is 0 Å². The van der Waals surface area contributed by atoms with E-state index in [1.165, 1.54) is 26.2 Å². The Balaban J connectivity index is 0.00000120. The van der Waals surface area contributed by atoms with Gasteiger partial charge in [0.05, 0.1) is 10.0 Å². The lowest BCUT2D eigenvalue weighted by Gasteiger charge is -2.18. The number of fused-ring (bicyclic) bond motifs is 1. The van der Waals surface area contributed by atoms with Crippen LogP contribution in [0.2, 0.25) is 10.0 Å². The average molecular weight is 308 g/mol. The molecule has 5 heteroatoms. The van der Waals surface area contributed by atoms with Gasteiger partial charge in [-0.2, -0.15) is 0 Å². The summed E-state index contributed by atoms with van der Waals surface area (Å²) < 4.78 is 0. The van der Waals surface area contributed by atoms with E-state index in [0.29, 0.717) is 10.0 Å². The van der Waals surface area contributed by atoms with E-state index < -0.39 is 0 Å². The summed E-state index contributed by atoms with van der Waals surface area (Å²) in [5.74, 6) is 1.65. The second kappa shape index (κ2) is 5.98. The van der Waals surface area contributed by atoms with Crippen LogP contribution in [0.4, 0.5) is 0 Å². The first-order valence-corrected chi connectivity index (χ1v) is 6.85. The maximum absolute atomic E-state index is 6.22. The molecular weight excluding hydrogens is 291 g/mol. The second-order valence-electron chi connectivity index (χ2n) is 5.09. The molecule has 0 aromatic heterocycles. The van der Waals surface area contributed by atoms with Crippen LogP contribution in [0.1, 0.15) is 5.56 Å². The number of likely N-dealkylation sites (tertiary alicyclic amines) is 1. The monoisotopic (exact) mass is 306 g/mol. The molecule has 2 fully saturated rings. The van der Waals surface area contributed by atoms with Gasteiger partial charge in [0.15, 0.2) is 0 Å². The van der Waals surface area contributed by atoms with Gasteiger partial charge in [-0.15, -0.1) is 12.4 Å². The largest absolute Gasteiger partial charge is 0.316 e. The summed E-state index contributed by atoms with van der Waals surface area (Å²) in [6, 6.07) is 5.89. The van der Waals surface area contributed by atoms with Gasteiger partial charge < -0.3 is 5.32 Å². The molecule has 18 heavy (non-hydrogen) atoms. The quantitative estimate of drug-likeness (QED) is 0.903. The molecule has 1 aromatic rings. The van der Waals surface area contributed by atoms with Crippen molar-refractivity contribution in [3.8, 4) is 0 Å². The highest BCUT2D eigenvalue weighted by Gasteiger charge is 2.35. The number of halogens is 3. The molecule has 0 spiro atoms. The van der Waals surface area contributed by atoms with Crippen LogP contribution in [0.5, 0.6) is 0 Å². The molecule has 1 N–H and O–H groups in total. The zero-order chi connectivity index (χ0) is 11.8. The standard InChI is InChI=1S/C13H16Cl2N2.ClH/c14-12-3-1-2-9(13(12)15)6-17-7-10-4-16-5-11(10)8-17;/h1-3,10-11,16H,4-8H2;1H/t10-,11+;. The summed E-state index contributed by atoms with van der Waals surface area (Å²) in [5, 5.41) is 4.83. The molecular formula is C13H17Cl3N2. The summed E-state index contributed by atoms with van der Waals surface area (Å²) in [6.45, 7) is 5.63. The molecule has 0 radical (unpaired) electrons. The van der Waals surface area contributed by atoms with Gasteiger partial charge in [0.1, 0.15) is 0 Å². The lowest BCUT2D eigenvalue weighted by atomic mass is 10.0. The van der Waals surface area contributed by atoms with Crippen LogP contribution in [0, 0.1) is 11.8 Å². The zero-order valence-corrected chi connectivity index (χ0v) is 12.4. The van der Waals surface area contributed by atoms with Crippen molar-refractivity contribution < 1.29 is 0 Å². The second-order valence-corrected chi connectivity index (χ2v) is 5.87. The first-order valence-electron chi connectivity index (χ1n) is 6.10. The van der Waals surface area contributed by atoms with E-state index in [2.05, 4.69) is 16.3 Å². The van der Waals surface area contributed by atoms with E-state index in [-0.39, 0.29) is 12.4 Å². The predicted molar refractivity (Wildman–Crippen MR) is 78.8 cm³/mol. The fourth-order valence-electron chi connectivity index (χ4n) is 2.99. The average Bonchev–Trinajstić information content (AvgIpc) is 2.85. The minimum absolute atomic E-state index is 0. The Morgan fingerprint density at radius 3 is 2.50 bits per heavy atom. The van der Waals surface area contributed by atoms with Gasteiger partial charge in [0.2, 0.25) is 0 Å². The van der Waals surface area contributed by atoms with E-state index >= 15 is 0 Å².